The maximum Gasteiger partial charge on any atom is 0.490 e. The van der Waals surface area contributed by atoms with Gasteiger partial charge in [-0.2, -0.15) is 13.2 Å². The maximum atomic E-state index is 12.1. The van der Waals surface area contributed by atoms with Gasteiger partial charge in [0.05, 0.1) is 11.0 Å². The molecule has 1 amide bonds. The first-order chi connectivity index (χ1) is 11.4. The molecule has 9 heteroatoms. The van der Waals surface area contributed by atoms with E-state index >= 15 is 0 Å². The number of aryl methyl sites for hydroxylation is 1. The number of H-pyrrole nitrogens is 1. The van der Waals surface area contributed by atoms with E-state index in [1.807, 2.05) is 45.9 Å². The second-order valence-electron chi connectivity index (χ2n) is 6.05. The van der Waals surface area contributed by atoms with Gasteiger partial charge in [0.1, 0.15) is 5.82 Å². The number of carboxylic acid groups (broad SMARTS) is 1. The van der Waals surface area contributed by atoms with Crippen LogP contribution in [-0.4, -0.2) is 33.1 Å². The number of alkyl halides is 3. The van der Waals surface area contributed by atoms with Crippen LogP contribution in [-0.2, 0) is 9.59 Å². The molecule has 2 rings (SSSR count). The zero-order valence-corrected chi connectivity index (χ0v) is 14.3. The second-order valence-corrected chi connectivity index (χ2v) is 6.05. The molecule has 3 N–H and O–H groups in total. The first-order valence-electron chi connectivity index (χ1n) is 7.44. The summed E-state index contributed by atoms with van der Waals surface area (Å²) >= 11 is 0. The van der Waals surface area contributed by atoms with Crippen molar-refractivity contribution in [3.05, 3.63) is 24.0 Å². The number of halogens is 3. The number of carbonyl (C=O) groups excluding carboxylic acids is 1. The average Bonchev–Trinajstić information content (AvgIpc) is 2.86. The molecule has 0 bridgehead atoms. The summed E-state index contributed by atoms with van der Waals surface area (Å²) in [5.74, 6) is -1.84. The predicted octanol–water partition coefficient (Wildman–Crippen LogP) is 3.88. The smallest absolute Gasteiger partial charge is 0.475 e. The molecule has 0 aliphatic carbocycles. The minimum atomic E-state index is -5.08. The van der Waals surface area contributed by atoms with Gasteiger partial charge in [0, 0.05) is 11.1 Å². The molecule has 0 unspecified atom stereocenters. The molecule has 1 heterocycles. The van der Waals surface area contributed by atoms with Crippen LogP contribution < -0.4 is 5.32 Å². The lowest BCUT2D eigenvalue weighted by atomic mass is 9.89. The molecular weight excluding hydrogens is 339 g/mol. The van der Waals surface area contributed by atoms with Crippen molar-refractivity contribution in [3.8, 4) is 0 Å². The number of anilines is 1. The number of carboxylic acids is 1. The molecule has 0 fully saturated rings. The van der Waals surface area contributed by atoms with E-state index in [9.17, 15) is 18.0 Å². The number of imidazole rings is 1. The van der Waals surface area contributed by atoms with E-state index in [4.69, 9.17) is 9.90 Å². The lowest BCUT2D eigenvalue weighted by Crippen LogP contribution is -2.29. The largest absolute Gasteiger partial charge is 0.490 e. The van der Waals surface area contributed by atoms with Crippen LogP contribution in [0.1, 0.15) is 33.0 Å². The molecule has 0 saturated carbocycles. The summed E-state index contributed by atoms with van der Waals surface area (Å²) in [5.41, 5.74) is 2.32. The van der Waals surface area contributed by atoms with E-state index in [2.05, 4.69) is 15.3 Å². The molecule has 138 valence electrons. The maximum absolute atomic E-state index is 12.1. The standard InChI is InChI=1S/C14H19N3O.C2HF3O2/c1-5-14(3,4)13(18)17-10-6-7-11-12(8-10)16-9(2)15-11;3-2(4,5)1(6)7/h6-8H,5H2,1-4H3,(H,15,16)(H,17,18);(H,6,7). The molecule has 0 spiro atoms. The van der Waals surface area contributed by atoms with Crippen LogP contribution >= 0.6 is 0 Å². The van der Waals surface area contributed by atoms with Crippen LogP contribution in [0, 0.1) is 12.3 Å². The van der Waals surface area contributed by atoms with Crippen LogP contribution in [0.3, 0.4) is 0 Å². The molecule has 6 nitrogen and oxygen atoms in total. The Kier molecular flexibility index (Phi) is 6.17. The average molecular weight is 359 g/mol. The molecule has 25 heavy (non-hydrogen) atoms. The van der Waals surface area contributed by atoms with E-state index in [0.717, 1.165) is 29.0 Å². The molecule has 2 aromatic rings. The van der Waals surface area contributed by atoms with Crippen LogP contribution in [0.25, 0.3) is 11.0 Å². The zero-order valence-electron chi connectivity index (χ0n) is 14.3. The Morgan fingerprint density at radius 2 is 1.84 bits per heavy atom. The monoisotopic (exact) mass is 359 g/mol. The number of nitrogens with zero attached hydrogens (tertiary/aromatic N) is 1. The number of hydrogen-bond acceptors (Lipinski definition) is 3. The molecule has 0 aliphatic rings. The summed E-state index contributed by atoms with van der Waals surface area (Å²) < 4.78 is 31.7. The molecule has 0 saturated heterocycles. The Balaban J connectivity index is 0.000000381. The molecule has 1 aromatic heterocycles. The number of aromatic amines is 1. The first-order valence-corrected chi connectivity index (χ1v) is 7.44. The van der Waals surface area contributed by atoms with Crippen molar-refractivity contribution in [2.24, 2.45) is 5.41 Å². The van der Waals surface area contributed by atoms with Crippen LogP contribution in [0.4, 0.5) is 18.9 Å². The fourth-order valence-electron chi connectivity index (χ4n) is 1.68. The fraction of sp³-hybridized carbons (Fsp3) is 0.438. The second kappa shape index (κ2) is 7.54. The van der Waals surface area contributed by atoms with E-state index < -0.39 is 12.1 Å². The number of amides is 1. The van der Waals surface area contributed by atoms with Gasteiger partial charge < -0.3 is 15.4 Å². The Bertz CT molecular complexity index is 767. The number of benzene rings is 1. The number of fused-ring (bicyclic) bond motifs is 1. The highest BCUT2D eigenvalue weighted by molar-refractivity contribution is 5.96. The summed E-state index contributed by atoms with van der Waals surface area (Å²) in [7, 11) is 0. The van der Waals surface area contributed by atoms with E-state index in [1.165, 1.54) is 0 Å². The number of aliphatic carboxylic acids is 1. The number of hydrogen-bond donors (Lipinski definition) is 3. The fourth-order valence-corrected chi connectivity index (χ4v) is 1.68. The number of nitrogens with one attached hydrogen (secondary N) is 2. The van der Waals surface area contributed by atoms with Crippen molar-refractivity contribution in [2.75, 3.05) is 5.32 Å². The van der Waals surface area contributed by atoms with Crippen molar-refractivity contribution >= 4 is 28.6 Å². The van der Waals surface area contributed by atoms with Gasteiger partial charge in [-0.1, -0.05) is 20.8 Å². The van der Waals surface area contributed by atoms with Crippen molar-refractivity contribution in [1.82, 2.24) is 9.97 Å². The van der Waals surface area contributed by atoms with Gasteiger partial charge in [-0.05, 0) is 31.5 Å². The number of aromatic nitrogens is 2. The first kappa shape index (κ1) is 20.5. The van der Waals surface area contributed by atoms with E-state index in [1.54, 1.807) is 0 Å². The summed E-state index contributed by atoms with van der Waals surface area (Å²) in [6.45, 7) is 7.82. The Hall–Kier alpha value is -2.58. The Morgan fingerprint density at radius 3 is 2.32 bits per heavy atom. The minimum absolute atomic E-state index is 0.0422. The number of carbonyl (C=O) groups is 2. The van der Waals surface area contributed by atoms with Crippen LogP contribution in [0.5, 0.6) is 0 Å². The normalized spacial score (nSPS) is 11.6. The molecule has 1 aromatic carbocycles. The third-order valence-corrected chi connectivity index (χ3v) is 3.60. The van der Waals surface area contributed by atoms with Crippen molar-refractivity contribution in [1.29, 1.82) is 0 Å². The van der Waals surface area contributed by atoms with Gasteiger partial charge in [-0.15, -0.1) is 0 Å². The molecule has 0 atom stereocenters. The van der Waals surface area contributed by atoms with Gasteiger partial charge in [0.25, 0.3) is 0 Å². The highest BCUT2D eigenvalue weighted by Crippen LogP contribution is 2.23. The topological polar surface area (TPSA) is 95.1 Å². The SMILES string of the molecule is CCC(C)(C)C(=O)Nc1ccc2nc(C)[nH]c2c1.O=C(O)C(F)(F)F. The molecule has 0 aliphatic heterocycles. The van der Waals surface area contributed by atoms with Crippen molar-refractivity contribution < 1.29 is 27.9 Å². The van der Waals surface area contributed by atoms with Gasteiger partial charge in [0.2, 0.25) is 5.91 Å². The summed E-state index contributed by atoms with van der Waals surface area (Å²) in [6.07, 6.45) is -4.27. The third-order valence-electron chi connectivity index (χ3n) is 3.60. The van der Waals surface area contributed by atoms with Gasteiger partial charge >= 0.3 is 12.1 Å². The molecular formula is C16H20F3N3O3. The predicted molar refractivity (Wildman–Crippen MR) is 87.2 cm³/mol. The van der Waals surface area contributed by atoms with Gasteiger partial charge in [-0.25, -0.2) is 9.78 Å². The minimum Gasteiger partial charge on any atom is -0.475 e. The molecule has 0 radical (unpaired) electrons. The van der Waals surface area contributed by atoms with E-state index in [0.29, 0.717) is 0 Å². The lowest BCUT2D eigenvalue weighted by molar-refractivity contribution is -0.192. The number of rotatable bonds is 3. The van der Waals surface area contributed by atoms with Crippen LogP contribution in [0.15, 0.2) is 18.2 Å². The summed E-state index contributed by atoms with van der Waals surface area (Å²) in [6, 6.07) is 5.71. The highest BCUT2D eigenvalue weighted by Gasteiger charge is 2.38. The van der Waals surface area contributed by atoms with Crippen molar-refractivity contribution in [2.45, 2.75) is 40.3 Å². The van der Waals surface area contributed by atoms with Crippen molar-refractivity contribution in [3.63, 3.8) is 0 Å². The third kappa shape index (κ3) is 5.77. The Labute approximate surface area is 142 Å². The quantitative estimate of drug-likeness (QED) is 0.775. The summed E-state index contributed by atoms with van der Waals surface area (Å²) in [4.78, 5) is 28.5. The Morgan fingerprint density at radius 1 is 1.28 bits per heavy atom. The van der Waals surface area contributed by atoms with Gasteiger partial charge in [0.15, 0.2) is 0 Å². The lowest BCUT2D eigenvalue weighted by Gasteiger charge is -2.21. The van der Waals surface area contributed by atoms with E-state index in [-0.39, 0.29) is 11.3 Å². The van der Waals surface area contributed by atoms with Crippen LogP contribution in [0.2, 0.25) is 0 Å². The highest BCUT2D eigenvalue weighted by atomic mass is 19.4. The zero-order chi connectivity index (χ0) is 19.4. The van der Waals surface area contributed by atoms with Gasteiger partial charge in [-0.3, -0.25) is 4.79 Å². The summed E-state index contributed by atoms with van der Waals surface area (Å²) in [5, 5.41) is 10.1.